The maximum Gasteiger partial charge on any atom is 0.357 e. The summed E-state index contributed by atoms with van der Waals surface area (Å²) in [4.78, 5) is 38.9. The van der Waals surface area contributed by atoms with Crippen molar-refractivity contribution in [2.45, 2.75) is 26.3 Å². The average Bonchev–Trinajstić information content (AvgIpc) is 2.78. The Hall–Kier alpha value is -1.96. The van der Waals surface area contributed by atoms with Gasteiger partial charge in [0.1, 0.15) is 5.01 Å². The van der Waals surface area contributed by atoms with Crippen molar-refractivity contribution < 1.29 is 23.9 Å². The van der Waals surface area contributed by atoms with E-state index in [1.807, 2.05) is 0 Å². The third-order valence-electron chi connectivity index (χ3n) is 2.47. The van der Waals surface area contributed by atoms with Crippen molar-refractivity contribution in [1.82, 2.24) is 10.3 Å². The Morgan fingerprint density at radius 2 is 1.95 bits per heavy atom. The first-order valence-electron chi connectivity index (χ1n) is 5.78. The highest BCUT2D eigenvalue weighted by Crippen LogP contribution is 2.26. The van der Waals surface area contributed by atoms with Crippen LogP contribution in [0.1, 0.15) is 39.8 Å². The lowest BCUT2D eigenvalue weighted by atomic mass is 10.2. The number of nitrogens with zero attached hydrogens (tertiary/aromatic N) is 1. The van der Waals surface area contributed by atoms with Crippen LogP contribution in [0.15, 0.2) is 0 Å². The predicted octanol–water partition coefficient (Wildman–Crippen LogP) is 0.978. The van der Waals surface area contributed by atoms with Crippen LogP contribution in [0.5, 0.6) is 0 Å². The molecule has 7 nitrogen and oxygen atoms in total. The quantitative estimate of drug-likeness (QED) is 0.814. The van der Waals surface area contributed by atoms with Crippen molar-refractivity contribution in [3.8, 4) is 0 Å². The Morgan fingerprint density at radius 1 is 1.30 bits per heavy atom. The molecule has 0 aliphatic rings. The topological polar surface area (TPSA) is 94.6 Å². The van der Waals surface area contributed by atoms with E-state index in [-0.39, 0.29) is 18.0 Å². The number of methoxy groups -OCH3 is 2. The summed E-state index contributed by atoms with van der Waals surface area (Å²) in [7, 11) is 2.53. The SMILES string of the molecule is COC(=O)CC(NC(C)=O)c1nc(C(=O)OC)c(C)s1. The van der Waals surface area contributed by atoms with E-state index in [0.29, 0.717) is 9.88 Å². The second-order valence-corrected chi connectivity index (χ2v) is 5.22. The Morgan fingerprint density at radius 3 is 2.45 bits per heavy atom. The van der Waals surface area contributed by atoms with E-state index in [2.05, 4.69) is 19.8 Å². The first-order chi connectivity index (χ1) is 9.38. The van der Waals surface area contributed by atoms with Crippen molar-refractivity contribution in [3.63, 3.8) is 0 Å². The van der Waals surface area contributed by atoms with Gasteiger partial charge in [-0.05, 0) is 6.92 Å². The number of hydrogen-bond acceptors (Lipinski definition) is 7. The number of aryl methyl sites for hydroxylation is 1. The van der Waals surface area contributed by atoms with Crippen molar-refractivity contribution >= 4 is 29.2 Å². The molecule has 0 aliphatic carbocycles. The Labute approximate surface area is 120 Å². The normalized spacial score (nSPS) is 11.6. The summed E-state index contributed by atoms with van der Waals surface area (Å²) in [6.45, 7) is 3.06. The van der Waals surface area contributed by atoms with Crippen molar-refractivity contribution in [2.24, 2.45) is 0 Å². The molecule has 0 saturated carbocycles. The zero-order valence-corrected chi connectivity index (χ0v) is 12.5. The molecule has 1 N–H and O–H groups in total. The number of hydrogen-bond donors (Lipinski definition) is 1. The van der Waals surface area contributed by atoms with E-state index in [9.17, 15) is 14.4 Å². The monoisotopic (exact) mass is 300 g/mol. The summed E-state index contributed by atoms with van der Waals surface area (Å²) in [5.74, 6) is -1.33. The summed E-state index contributed by atoms with van der Waals surface area (Å²) < 4.78 is 9.20. The summed E-state index contributed by atoms with van der Waals surface area (Å²) in [6, 6.07) is -0.623. The third-order valence-corrected chi connectivity index (χ3v) is 3.55. The lowest BCUT2D eigenvalue weighted by Gasteiger charge is -2.13. The maximum absolute atomic E-state index is 11.5. The first kappa shape index (κ1) is 16.1. The molecular weight excluding hydrogens is 284 g/mol. The summed E-state index contributed by atoms with van der Waals surface area (Å²) in [5.41, 5.74) is 0.188. The smallest absolute Gasteiger partial charge is 0.357 e. The third kappa shape index (κ3) is 4.02. The summed E-state index contributed by atoms with van der Waals surface area (Å²) >= 11 is 1.23. The molecule has 0 bridgehead atoms. The van der Waals surface area contributed by atoms with Crippen LogP contribution in [0.4, 0.5) is 0 Å². The molecule has 0 spiro atoms. The molecule has 8 heteroatoms. The van der Waals surface area contributed by atoms with Gasteiger partial charge in [0.25, 0.3) is 0 Å². The first-order valence-corrected chi connectivity index (χ1v) is 6.60. The summed E-state index contributed by atoms with van der Waals surface area (Å²) in [5, 5.41) is 3.08. The highest BCUT2D eigenvalue weighted by molar-refractivity contribution is 7.12. The molecule has 0 aromatic carbocycles. The highest BCUT2D eigenvalue weighted by atomic mass is 32.1. The lowest BCUT2D eigenvalue weighted by Crippen LogP contribution is -2.28. The van der Waals surface area contributed by atoms with Crippen LogP contribution >= 0.6 is 11.3 Å². The maximum atomic E-state index is 11.5. The van der Waals surface area contributed by atoms with E-state index >= 15 is 0 Å². The molecule has 0 radical (unpaired) electrons. The highest BCUT2D eigenvalue weighted by Gasteiger charge is 2.24. The number of thiazole rings is 1. The van der Waals surface area contributed by atoms with E-state index in [1.165, 1.54) is 32.5 Å². The Balaban J connectivity index is 3.04. The number of nitrogens with one attached hydrogen (secondary N) is 1. The fraction of sp³-hybridized carbons (Fsp3) is 0.500. The van der Waals surface area contributed by atoms with E-state index in [0.717, 1.165) is 0 Å². The van der Waals surface area contributed by atoms with Crippen molar-refractivity contribution in [1.29, 1.82) is 0 Å². The number of esters is 2. The zero-order chi connectivity index (χ0) is 15.3. The second-order valence-electron chi connectivity index (χ2n) is 3.98. The molecule has 1 aromatic rings. The number of carbonyl (C=O) groups is 3. The van der Waals surface area contributed by atoms with Crippen LogP contribution < -0.4 is 5.32 Å². The average molecular weight is 300 g/mol. The van der Waals surface area contributed by atoms with Gasteiger partial charge in [-0.2, -0.15) is 0 Å². The zero-order valence-electron chi connectivity index (χ0n) is 11.7. The van der Waals surface area contributed by atoms with Gasteiger partial charge >= 0.3 is 11.9 Å². The molecule has 1 atom stereocenters. The minimum atomic E-state index is -0.623. The van der Waals surface area contributed by atoms with Gasteiger partial charge in [0.2, 0.25) is 5.91 Å². The van der Waals surface area contributed by atoms with Crippen LogP contribution in [0.2, 0.25) is 0 Å². The number of rotatable bonds is 5. The van der Waals surface area contributed by atoms with Gasteiger partial charge in [0.15, 0.2) is 5.69 Å². The van der Waals surface area contributed by atoms with Gasteiger partial charge in [0, 0.05) is 11.8 Å². The van der Waals surface area contributed by atoms with E-state index in [1.54, 1.807) is 6.92 Å². The Bertz CT molecular complexity index is 526. The molecule has 1 aromatic heterocycles. The lowest BCUT2D eigenvalue weighted by molar-refractivity contribution is -0.141. The molecule has 1 heterocycles. The van der Waals surface area contributed by atoms with E-state index in [4.69, 9.17) is 0 Å². The predicted molar refractivity (Wildman–Crippen MR) is 71.4 cm³/mol. The van der Waals surface area contributed by atoms with Crippen LogP contribution in [-0.2, 0) is 19.1 Å². The standard InChI is InChI=1S/C12H16N2O5S/c1-6-10(12(17)19-4)14-11(20-6)8(13-7(2)15)5-9(16)18-3/h8H,5H2,1-4H3,(H,13,15). The molecule has 0 saturated heterocycles. The van der Waals surface area contributed by atoms with Gasteiger partial charge in [-0.3, -0.25) is 9.59 Å². The summed E-state index contributed by atoms with van der Waals surface area (Å²) in [6.07, 6.45) is -0.0519. The fourth-order valence-electron chi connectivity index (χ4n) is 1.55. The van der Waals surface area contributed by atoms with Gasteiger partial charge in [-0.1, -0.05) is 0 Å². The second kappa shape index (κ2) is 6.99. The van der Waals surface area contributed by atoms with E-state index < -0.39 is 18.0 Å². The molecule has 110 valence electrons. The molecule has 0 aliphatic heterocycles. The van der Waals surface area contributed by atoms with Gasteiger partial charge in [-0.15, -0.1) is 11.3 Å². The molecule has 1 amide bonds. The minimum absolute atomic E-state index is 0.0519. The number of amides is 1. The van der Waals surface area contributed by atoms with Crippen LogP contribution in [-0.4, -0.2) is 37.0 Å². The number of aromatic nitrogens is 1. The fourth-order valence-corrected chi connectivity index (χ4v) is 2.51. The molecule has 1 rings (SSSR count). The molecule has 20 heavy (non-hydrogen) atoms. The largest absolute Gasteiger partial charge is 0.469 e. The Kier molecular flexibility index (Phi) is 5.63. The van der Waals surface area contributed by atoms with Crippen LogP contribution in [0, 0.1) is 6.92 Å². The van der Waals surface area contributed by atoms with Crippen molar-refractivity contribution in [2.75, 3.05) is 14.2 Å². The van der Waals surface area contributed by atoms with Gasteiger partial charge in [-0.25, -0.2) is 9.78 Å². The van der Waals surface area contributed by atoms with Gasteiger partial charge in [0.05, 0.1) is 26.7 Å². The van der Waals surface area contributed by atoms with Gasteiger partial charge < -0.3 is 14.8 Å². The number of ether oxygens (including phenoxy) is 2. The van der Waals surface area contributed by atoms with Crippen molar-refractivity contribution in [3.05, 3.63) is 15.6 Å². The number of carbonyl (C=O) groups excluding carboxylic acids is 3. The van der Waals surface area contributed by atoms with Crippen LogP contribution in [0.3, 0.4) is 0 Å². The molecule has 1 unspecified atom stereocenters. The minimum Gasteiger partial charge on any atom is -0.469 e. The molecular formula is C12H16N2O5S. The molecule has 0 fully saturated rings. The van der Waals surface area contributed by atoms with Crippen LogP contribution in [0.25, 0.3) is 0 Å².